The van der Waals surface area contributed by atoms with Gasteiger partial charge >= 0.3 is 0 Å². The highest BCUT2D eigenvalue weighted by atomic mass is 16.2. The monoisotopic (exact) mass is 155 g/mol. The summed E-state index contributed by atoms with van der Waals surface area (Å²) in [6.07, 6.45) is 2.69. The second-order valence-corrected chi connectivity index (χ2v) is 2.95. The van der Waals surface area contributed by atoms with Crippen molar-refractivity contribution in [2.45, 2.75) is 26.2 Å². The van der Waals surface area contributed by atoms with Crippen LogP contribution in [0.2, 0.25) is 0 Å². The molecule has 1 N–H and O–H groups in total. The van der Waals surface area contributed by atoms with Gasteiger partial charge in [-0.05, 0) is 19.8 Å². The summed E-state index contributed by atoms with van der Waals surface area (Å²) < 4.78 is 0. The lowest BCUT2D eigenvalue weighted by Gasteiger charge is -2.07. The molecule has 11 heavy (non-hydrogen) atoms. The minimum absolute atomic E-state index is 0.00981. The molecule has 0 radical (unpaired) electrons. The normalized spacial score (nSPS) is 25.5. The molecule has 0 aromatic rings. The van der Waals surface area contributed by atoms with E-state index in [-0.39, 0.29) is 17.6 Å². The molecule has 1 amide bonds. The topological polar surface area (TPSA) is 46.2 Å². The number of hydrogen-bond acceptors (Lipinski definition) is 2. The largest absolute Gasteiger partial charge is 0.355 e. The number of carbonyl (C=O) groups is 2. The van der Waals surface area contributed by atoms with E-state index in [2.05, 4.69) is 5.32 Å². The predicted molar refractivity (Wildman–Crippen MR) is 41.0 cm³/mol. The second kappa shape index (κ2) is 3.51. The maximum Gasteiger partial charge on any atom is 0.230 e. The molecule has 0 spiro atoms. The van der Waals surface area contributed by atoms with Gasteiger partial charge in [-0.1, -0.05) is 6.42 Å². The van der Waals surface area contributed by atoms with Crippen molar-refractivity contribution in [1.29, 1.82) is 0 Å². The standard InChI is InChI=1S/C8H13NO2/c1-6(10)7-4-2-3-5-9-8(7)11/h7H,2-5H2,1H3,(H,9,11). The third-order valence-electron chi connectivity index (χ3n) is 2.03. The Kier molecular flexibility index (Phi) is 2.63. The summed E-state index contributed by atoms with van der Waals surface area (Å²) in [5.74, 6) is -0.475. The molecular weight excluding hydrogens is 142 g/mol. The van der Waals surface area contributed by atoms with Crippen LogP contribution in [0.25, 0.3) is 0 Å². The lowest BCUT2D eigenvalue weighted by Crippen LogP contribution is -2.32. The predicted octanol–water partition coefficient (Wildman–Crippen LogP) is 0.492. The van der Waals surface area contributed by atoms with Crippen LogP contribution in [0.3, 0.4) is 0 Å². The highest BCUT2D eigenvalue weighted by Gasteiger charge is 2.23. The van der Waals surface area contributed by atoms with E-state index < -0.39 is 0 Å². The van der Waals surface area contributed by atoms with Gasteiger partial charge in [-0.2, -0.15) is 0 Å². The lowest BCUT2D eigenvalue weighted by atomic mass is 9.99. The van der Waals surface area contributed by atoms with Crippen molar-refractivity contribution in [2.75, 3.05) is 6.54 Å². The van der Waals surface area contributed by atoms with Crippen molar-refractivity contribution in [3.8, 4) is 0 Å². The SMILES string of the molecule is CC(=O)C1CCCCNC1=O. The summed E-state index contributed by atoms with van der Waals surface area (Å²) >= 11 is 0. The van der Waals surface area contributed by atoms with Crippen LogP contribution in [0.1, 0.15) is 26.2 Å². The molecule has 0 bridgehead atoms. The van der Waals surface area contributed by atoms with Crippen LogP contribution >= 0.6 is 0 Å². The quantitative estimate of drug-likeness (QED) is 0.560. The first-order chi connectivity index (χ1) is 5.22. The Morgan fingerprint density at radius 1 is 1.55 bits per heavy atom. The zero-order chi connectivity index (χ0) is 8.27. The first kappa shape index (κ1) is 8.24. The van der Waals surface area contributed by atoms with Crippen LogP contribution in [0.15, 0.2) is 0 Å². The zero-order valence-electron chi connectivity index (χ0n) is 6.72. The van der Waals surface area contributed by atoms with Crippen molar-refractivity contribution < 1.29 is 9.59 Å². The van der Waals surface area contributed by atoms with E-state index in [0.717, 1.165) is 25.8 Å². The molecule has 0 aromatic carbocycles. The highest BCUT2D eigenvalue weighted by molar-refractivity contribution is 6.00. The molecule has 0 saturated carbocycles. The Morgan fingerprint density at radius 3 is 2.91 bits per heavy atom. The summed E-state index contributed by atoms with van der Waals surface area (Å²) in [6.45, 7) is 2.21. The molecule has 62 valence electrons. The Balaban J connectivity index is 2.59. The number of nitrogens with one attached hydrogen (secondary N) is 1. The van der Waals surface area contributed by atoms with Gasteiger partial charge in [0.05, 0.1) is 5.92 Å². The fourth-order valence-electron chi connectivity index (χ4n) is 1.33. The van der Waals surface area contributed by atoms with Crippen LogP contribution in [0.4, 0.5) is 0 Å². The summed E-state index contributed by atoms with van der Waals surface area (Å²) in [5, 5.41) is 2.72. The van der Waals surface area contributed by atoms with E-state index in [4.69, 9.17) is 0 Å². The molecule has 1 atom stereocenters. The second-order valence-electron chi connectivity index (χ2n) is 2.95. The summed E-state index contributed by atoms with van der Waals surface area (Å²) in [6, 6.07) is 0. The summed E-state index contributed by atoms with van der Waals surface area (Å²) in [4.78, 5) is 22.0. The zero-order valence-corrected chi connectivity index (χ0v) is 6.72. The fraction of sp³-hybridized carbons (Fsp3) is 0.750. The molecule has 1 saturated heterocycles. The number of Topliss-reactive ketones (excluding diaryl/α,β-unsaturated/α-hetero) is 1. The van der Waals surface area contributed by atoms with Crippen LogP contribution < -0.4 is 5.32 Å². The van der Waals surface area contributed by atoms with Gasteiger partial charge in [0.15, 0.2) is 0 Å². The molecule has 0 aromatic heterocycles. The Bertz CT molecular complexity index is 177. The van der Waals surface area contributed by atoms with Crippen molar-refractivity contribution in [2.24, 2.45) is 5.92 Å². The molecular formula is C8H13NO2. The van der Waals surface area contributed by atoms with Crippen LogP contribution in [-0.2, 0) is 9.59 Å². The average Bonchev–Trinajstić information content (AvgIpc) is 2.13. The molecule has 1 aliphatic heterocycles. The van der Waals surface area contributed by atoms with Gasteiger partial charge in [-0.15, -0.1) is 0 Å². The van der Waals surface area contributed by atoms with Crippen LogP contribution in [-0.4, -0.2) is 18.2 Å². The Labute approximate surface area is 66.2 Å². The Hall–Kier alpha value is -0.860. The number of carbonyl (C=O) groups excluding carboxylic acids is 2. The molecule has 1 heterocycles. The highest BCUT2D eigenvalue weighted by Crippen LogP contribution is 2.12. The fourth-order valence-corrected chi connectivity index (χ4v) is 1.33. The van der Waals surface area contributed by atoms with E-state index in [1.165, 1.54) is 6.92 Å². The molecule has 1 fully saturated rings. The summed E-state index contributed by atoms with van der Waals surface area (Å²) in [5.41, 5.74) is 0. The van der Waals surface area contributed by atoms with Crippen LogP contribution in [0, 0.1) is 5.92 Å². The Morgan fingerprint density at radius 2 is 2.27 bits per heavy atom. The molecule has 3 nitrogen and oxygen atoms in total. The average molecular weight is 155 g/mol. The minimum Gasteiger partial charge on any atom is -0.355 e. The first-order valence-corrected chi connectivity index (χ1v) is 4.00. The van der Waals surface area contributed by atoms with E-state index in [1.54, 1.807) is 0 Å². The maximum absolute atomic E-state index is 11.1. The molecule has 3 heteroatoms. The van der Waals surface area contributed by atoms with Crippen molar-refractivity contribution in [1.82, 2.24) is 5.32 Å². The summed E-state index contributed by atoms with van der Waals surface area (Å²) in [7, 11) is 0. The van der Waals surface area contributed by atoms with E-state index >= 15 is 0 Å². The van der Waals surface area contributed by atoms with Gasteiger partial charge < -0.3 is 5.32 Å². The first-order valence-electron chi connectivity index (χ1n) is 4.00. The van der Waals surface area contributed by atoms with E-state index in [9.17, 15) is 9.59 Å². The lowest BCUT2D eigenvalue weighted by molar-refractivity contribution is -0.132. The molecule has 1 rings (SSSR count). The smallest absolute Gasteiger partial charge is 0.230 e. The van der Waals surface area contributed by atoms with Crippen molar-refractivity contribution in [3.05, 3.63) is 0 Å². The maximum atomic E-state index is 11.1. The molecule has 0 aliphatic carbocycles. The third kappa shape index (κ3) is 2.03. The third-order valence-corrected chi connectivity index (χ3v) is 2.03. The molecule has 1 unspecified atom stereocenters. The van der Waals surface area contributed by atoms with Gasteiger partial charge in [0.1, 0.15) is 5.78 Å². The van der Waals surface area contributed by atoms with Crippen molar-refractivity contribution in [3.63, 3.8) is 0 Å². The van der Waals surface area contributed by atoms with Gasteiger partial charge in [-0.25, -0.2) is 0 Å². The van der Waals surface area contributed by atoms with Gasteiger partial charge in [0, 0.05) is 6.54 Å². The number of amides is 1. The number of rotatable bonds is 1. The van der Waals surface area contributed by atoms with Gasteiger partial charge in [0.2, 0.25) is 5.91 Å². The van der Waals surface area contributed by atoms with Gasteiger partial charge in [-0.3, -0.25) is 9.59 Å². The number of ketones is 1. The van der Waals surface area contributed by atoms with Gasteiger partial charge in [0.25, 0.3) is 0 Å². The molecule has 1 aliphatic rings. The van der Waals surface area contributed by atoms with E-state index in [0.29, 0.717) is 0 Å². The minimum atomic E-state index is -0.377. The van der Waals surface area contributed by atoms with Crippen LogP contribution in [0.5, 0.6) is 0 Å². The van der Waals surface area contributed by atoms with Crippen molar-refractivity contribution >= 4 is 11.7 Å². The number of hydrogen-bond donors (Lipinski definition) is 1. The van der Waals surface area contributed by atoms with E-state index in [1.807, 2.05) is 0 Å².